The van der Waals surface area contributed by atoms with Gasteiger partial charge in [0.15, 0.2) is 10.4 Å². The Kier molecular flexibility index (Phi) is 9.96. The van der Waals surface area contributed by atoms with E-state index in [0.717, 1.165) is 5.56 Å². The summed E-state index contributed by atoms with van der Waals surface area (Å²) >= 11 is 3.18. The van der Waals surface area contributed by atoms with Gasteiger partial charge in [0.1, 0.15) is 0 Å². The molecule has 3 heterocycles. The fourth-order valence-electron chi connectivity index (χ4n) is 2.73. The second-order valence-electron chi connectivity index (χ2n) is 6.63. The van der Waals surface area contributed by atoms with Crippen LogP contribution in [0.5, 0.6) is 0 Å². The molecule has 1 aliphatic rings. The molecular formula is C19H22BrN3O9S. The van der Waals surface area contributed by atoms with E-state index in [9.17, 15) is 13.2 Å². The Bertz CT molecular complexity index is 1040. The van der Waals surface area contributed by atoms with Crippen LogP contribution >= 0.6 is 15.9 Å². The first kappa shape index (κ1) is 26.4. The van der Waals surface area contributed by atoms with Crippen LogP contribution in [0.3, 0.4) is 0 Å². The van der Waals surface area contributed by atoms with Gasteiger partial charge >= 0.3 is 11.9 Å². The minimum atomic E-state index is -3.48. The molecule has 0 atom stereocenters. The Morgan fingerprint density at radius 2 is 1.79 bits per heavy atom. The number of furan rings is 1. The summed E-state index contributed by atoms with van der Waals surface area (Å²) in [5.41, 5.74) is 0.806. The summed E-state index contributed by atoms with van der Waals surface area (Å²) in [5.74, 6) is -4.04. The fourth-order valence-corrected chi connectivity index (χ4v) is 4.45. The van der Waals surface area contributed by atoms with E-state index in [-0.39, 0.29) is 30.5 Å². The second kappa shape index (κ2) is 12.4. The summed E-state index contributed by atoms with van der Waals surface area (Å²) in [5, 5.41) is 14.8. The summed E-state index contributed by atoms with van der Waals surface area (Å²) < 4.78 is 37.6. The van der Waals surface area contributed by atoms with Crippen molar-refractivity contribution in [1.82, 2.24) is 14.2 Å². The molecular weight excluding hydrogens is 526 g/mol. The lowest BCUT2D eigenvalue weighted by atomic mass is 10.2. The summed E-state index contributed by atoms with van der Waals surface area (Å²) in [6.07, 6.45) is 3.29. The molecule has 1 saturated heterocycles. The van der Waals surface area contributed by atoms with Crippen molar-refractivity contribution in [2.24, 2.45) is 0 Å². The quantitative estimate of drug-likeness (QED) is 0.475. The maximum absolute atomic E-state index is 12.8. The third kappa shape index (κ3) is 8.57. The number of aliphatic carboxylic acids is 2. The Morgan fingerprint density at radius 3 is 2.30 bits per heavy atom. The average Bonchev–Trinajstić information content (AvgIpc) is 3.24. The van der Waals surface area contributed by atoms with Crippen LogP contribution in [-0.4, -0.2) is 89.3 Å². The zero-order valence-corrected chi connectivity index (χ0v) is 19.7. The van der Waals surface area contributed by atoms with Crippen molar-refractivity contribution < 1.29 is 42.2 Å². The highest BCUT2D eigenvalue weighted by Crippen LogP contribution is 2.17. The largest absolute Gasteiger partial charge is 0.473 e. The number of nitrogens with zero attached hydrogens (tertiary/aromatic N) is 3. The van der Waals surface area contributed by atoms with Crippen LogP contribution in [0.15, 0.2) is 45.7 Å². The van der Waals surface area contributed by atoms with Gasteiger partial charge in [-0.25, -0.2) is 18.0 Å². The zero-order chi connectivity index (χ0) is 24.4. The Balaban J connectivity index is 0.000000569. The molecule has 2 aromatic heterocycles. The molecule has 0 aliphatic carbocycles. The molecule has 1 aliphatic heterocycles. The molecule has 1 fully saturated rings. The number of halogens is 1. The predicted octanol–water partition coefficient (Wildman–Crippen LogP) is 0.897. The summed E-state index contributed by atoms with van der Waals surface area (Å²) in [4.78, 5) is 36.5. The van der Waals surface area contributed by atoms with E-state index in [0.29, 0.717) is 31.0 Å². The highest BCUT2D eigenvalue weighted by molar-refractivity contribution is 9.10. The second-order valence-corrected chi connectivity index (χ2v) is 9.50. The normalized spacial score (nSPS) is 14.1. The molecule has 1 amide bonds. The van der Waals surface area contributed by atoms with Crippen molar-refractivity contribution in [3.05, 3.63) is 52.7 Å². The number of hydrogen-bond donors (Lipinski definition) is 2. The van der Waals surface area contributed by atoms with Crippen molar-refractivity contribution in [3.63, 3.8) is 0 Å². The average molecular weight is 548 g/mol. The monoisotopic (exact) mass is 547 g/mol. The molecule has 14 heteroatoms. The number of carbonyl (C=O) groups is 3. The molecule has 0 radical (unpaired) electrons. The van der Waals surface area contributed by atoms with Crippen molar-refractivity contribution in [3.8, 4) is 0 Å². The van der Waals surface area contributed by atoms with E-state index in [1.54, 1.807) is 30.6 Å². The smallest absolute Gasteiger partial charge is 0.414 e. The van der Waals surface area contributed by atoms with Gasteiger partial charge in [-0.05, 0) is 39.7 Å². The number of morpholine rings is 1. The number of aromatic nitrogens is 1. The lowest BCUT2D eigenvalue weighted by Gasteiger charge is -2.28. The highest BCUT2D eigenvalue weighted by atomic mass is 79.9. The van der Waals surface area contributed by atoms with Crippen molar-refractivity contribution in [2.75, 3.05) is 38.6 Å². The standard InChI is InChI=1S/C17H20BrN3O5S.C2H2O4/c18-16-4-3-15(26-16)17(22)20(13-14-2-1-5-19-12-14)8-11-27(23,24)21-6-9-25-10-7-21;3-1(4)2(5)6/h1-5,12H,6-11,13H2;(H,3,4)(H,5,6). The fraction of sp³-hybridized carbons (Fsp3) is 0.368. The Morgan fingerprint density at radius 1 is 1.12 bits per heavy atom. The molecule has 2 N–H and O–H groups in total. The first-order valence-electron chi connectivity index (χ1n) is 9.55. The number of carboxylic acid groups (broad SMARTS) is 2. The molecule has 3 rings (SSSR count). The number of carbonyl (C=O) groups excluding carboxylic acids is 1. The van der Waals surface area contributed by atoms with Gasteiger partial charge in [-0.15, -0.1) is 0 Å². The molecule has 0 unspecified atom stereocenters. The highest BCUT2D eigenvalue weighted by Gasteiger charge is 2.27. The number of sulfonamides is 1. The van der Waals surface area contributed by atoms with Crippen LogP contribution < -0.4 is 0 Å². The van der Waals surface area contributed by atoms with E-state index in [1.165, 1.54) is 9.21 Å². The van der Waals surface area contributed by atoms with Gasteiger partial charge in [0.25, 0.3) is 5.91 Å². The molecule has 0 saturated carbocycles. The number of rotatable bonds is 7. The van der Waals surface area contributed by atoms with Crippen molar-refractivity contribution in [1.29, 1.82) is 0 Å². The Hall–Kier alpha value is -2.81. The van der Waals surface area contributed by atoms with Gasteiger partial charge in [-0.3, -0.25) is 9.78 Å². The molecule has 33 heavy (non-hydrogen) atoms. The molecule has 0 bridgehead atoms. The van der Waals surface area contributed by atoms with Crippen LogP contribution in [0.1, 0.15) is 16.1 Å². The van der Waals surface area contributed by atoms with E-state index >= 15 is 0 Å². The number of carboxylic acids is 2. The van der Waals surface area contributed by atoms with Crippen molar-refractivity contribution in [2.45, 2.75) is 6.54 Å². The lowest BCUT2D eigenvalue weighted by molar-refractivity contribution is -0.159. The van der Waals surface area contributed by atoms with Gasteiger partial charge < -0.3 is 24.3 Å². The molecule has 0 aromatic carbocycles. The van der Waals surface area contributed by atoms with Crippen LogP contribution in [0.2, 0.25) is 0 Å². The summed E-state index contributed by atoms with van der Waals surface area (Å²) in [7, 11) is -3.48. The minimum absolute atomic E-state index is 0.0474. The summed E-state index contributed by atoms with van der Waals surface area (Å²) in [6.45, 7) is 1.74. The number of amides is 1. The minimum Gasteiger partial charge on any atom is -0.473 e. The van der Waals surface area contributed by atoms with E-state index in [2.05, 4.69) is 20.9 Å². The van der Waals surface area contributed by atoms with Gasteiger partial charge in [-0.1, -0.05) is 6.07 Å². The van der Waals surface area contributed by atoms with Gasteiger partial charge in [0.05, 0.1) is 19.0 Å². The van der Waals surface area contributed by atoms with Crippen molar-refractivity contribution >= 4 is 43.8 Å². The number of hydrogen-bond acceptors (Lipinski definition) is 8. The number of ether oxygens (including phenoxy) is 1. The molecule has 180 valence electrons. The van der Waals surface area contributed by atoms with E-state index in [4.69, 9.17) is 29.0 Å². The third-order valence-corrected chi connectivity index (χ3v) is 6.61. The van der Waals surface area contributed by atoms with Crippen LogP contribution in [0, 0.1) is 0 Å². The summed E-state index contributed by atoms with van der Waals surface area (Å²) in [6, 6.07) is 6.78. The maximum Gasteiger partial charge on any atom is 0.414 e. The van der Waals surface area contributed by atoms with Crippen LogP contribution in [0.4, 0.5) is 0 Å². The van der Waals surface area contributed by atoms with Gasteiger partial charge in [0.2, 0.25) is 10.0 Å². The van der Waals surface area contributed by atoms with Crippen LogP contribution in [-0.2, 0) is 30.9 Å². The van der Waals surface area contributed by atoms with Gasteiger partial charge in [-0.2, -0.15) is 4.31 Å². The predicted molar refractivity (Wildman–Crippen MR) is 117 cm³/mol. The first-order valence-corrected chi connectivity index (χ1v) is 12.0. The van der Waals surface area contributed by atoms with E-state index < -0.39 is 22.0 Å². The van der Waals surface area contributed by atoms with Crippen LogP contribution in [0.25, 0.3) is 0 Å². The molecule has 0 spiro atoms. The maximum atomic E-state index is 12.8. The zero-order valence-electron chi connectivity index (χ0n) is 17.3. The molecule has 2 aromatic rings. The first-order chi connectivity index (χ1) is 15.6. The SMILES string of the molecule is O=C(O)C(=O)O.O=C(c1ccc(Br)o1)N(CCS(=O)(=O)N1CCOCC1)Cc1cccnc1. The van der Waals surface area contributed by atoms with E-state index in [1.807, 2.05) is 6.07 Å². The lowest BCUT2D eigenvalue weighted by Crippen LogP contribution is -2.44. The molecule has 12 nitrogen and oxygen atoms in total. The Labute approximate surface area is 197 Å². The van der Waals surface area contributed by atoms with Gasteiger partial charge in [0, 0.05) is 38.6 Å². The topological polar surface area (TPSA) is 168 Å². The number of pyridine rings is 1. The third-order valence-electron chi connectivity index (χ3n) is 4.33.